The molecule has 0 unspecified atom stereocenters. The fraction of sp³-hybridized carbons (Fsp3) is 0.385. The second-order valence-corrected chi connectivity index (χ2v) is 9.06. The van der Waals surface area contributed by atoms with Crippen LogP contribution in [0.2, 0.25) is 0 Å². The predicted molar refractivity (Wildman–Crippen MR) is 131 cm³/mol. The highest BCUT2D eigenvalue weighted by atomic mass is 16.5. The molecule has 2 aliphatic rings. The van der Waals surface area contributed by atoms with Gasteiger partial charge in [0.15, 0.2) is 0 Å². The first kappa shape index (κ1) is 25.7. The third kappa shape index (κ3) is 7.05. The standard InChI is InChI=1S/C26H32N4O5/c1-16(2)12-21-25(33)29-22(26(34)30(4)15-23(31)27-3)13-17-8-10-19(11-9-17)35-20-7-5-6-18(14-20)24(32)28-21/h5-11,14,16,21-22H,12-13,15H2,1-4H3,(H,27,31)(H,28,32)(H,29,33)/t21-,22+/m0/s1. The molecule has 2 aromatic rings. The summed E-state index contributed by atoms with van der Waals surface area (Å²) in [6, 6.07) is 12.1. The minimum absolute atomic E-state index is 0.111. The van der Waals surface area contributed by atoms with Gasteiger partial charge in [-0.3, -0.25) is 19.2 Å². The molecule has 4 amide bonds. The zero-order chi connectivity index (χ0) is 25.5. The first-order valence-corrected chi connectivity index (χ1v) is 11.6. The van der Waals surface area contributed by atoms with Crippen molar-refractivity contribution >= 4 is 23.6 Å². The maximum Gasteiger partial charge on any atom is 0.252 e. The van der Waals surface area contributed by atoms with Gasteiger partial charge in [-0.1, -0.05) is 32.0 Å². The third-order valence-electron chi connectivity index (χ3n) is 5.67. The second-order valence-electron chi connectivity index (χ2n) is 9.06. The number of carbonyl (C=O) groups is 4. The zero-order valence-electron chi connectivity index (χ0n) is 20.5. The van der Waals surface area contributed by atoms with Crippen LogP contribution in [0.5, 0.6) is 11.5 Å². The maximum absolute atomic E-state index is 13.3. The highest BCUT2D eigenvalue weighted by Crippen LogP contribution is 2.24. The summed E-state index contributed by atoms with van der Waals surface area (Å²) < 4.78 is 5.90. The quantitative estimate of drug-likeness (QED) is 0.604. The molecule has 0 radical (unpaired) electrons. The van der Waals surface area contributed by atoms with E-state index < -0.39 is 29.8 Å². The Hall–Kier alpha value is -3.88. The highest BCUT2D eigenvalue weighted by Gasteiger charge is 2.30. The number of nitrogens with zero attached hydrogens (tertiary/aromatic N) is 1. The molecule has 2 atom stereocenters. The third-order valence-corrected chi connectivity index (χ3v) is 5.67. The number of hydrogen-bond donors (Lipinski definition) is 3. The van der Waals surface area contributed by atoms with Gasteiger partial charge in [-0.15, -0.1) is 0 Å². The van der Waals surface area contributed by atoms with E-state index in [0.717, 1.165) is 5.56 Å². The zero-order valence-corrected chi connectivity index (χ0v) is 20.5. The molecule has 0 saturated carbocycles. The number of ether oxygens (including phenoxy) is 1. The summed E-state index contributed by atoms with van der Waals surface area (Å²) in [5.41, 5.74) is 1.16. The molecule has 0 saturated heterocycles. The monoisotopic (exact) mass is 480 g/mol. The van der Waals surface area contributed by atoms with E-state index in [9.17, 15) is 19.2 Å². The van der Waals surface area contributed by atoms with E-state index in [1.165, 1.54) is 19.0 Å². The van der Waals surface area contributed by atoms with Gasteiger partial charge >= 0.3 is 0 Å². The molecule has 9 nitrogen and oxygen atoms in total. The van der Waals surface area contributed by atoms with Crippen LogP contribution in [0.4, 0.5) is 0 Å². The Morgan fingerprint density at radius 3 is 2.46 bits per heavy atom. The molecular formula is C26H32N4O5. The van der Waals surface area contributed by atoms with Crippen molar-refractivity contribution in [2.24, 2.45) is 5.92 Å². The summed E-state index contributed by atoms with van der Waals surface area (Å²) in [5, 5.41) is 8.11. The lowest BCUT2D eigenvalue weighted by Gasteiger charge is -2.27. The number of likely N-dealkylation sites (N-methyl/N-ethyl adjacent to an activating group) is 2. The topological polar surface area (TPSA) is 117 Å². The van der Waals surface area contributed by atoms with Crippen molar-refractivity contribution in [3.63, 3.8) is 0 Å². The Balaban J connectivity index is 1.97. The molecule has 0 aromatic heterocycles. The smallest absolute Gasteiger partial charge is 0.252 e. The van der Waals surface area contributed by atoms with E-state index in [1.54, 1.807) is 36.4 Å². The molecular weight excluding hydrogens is 448 g/mol. The van der Waals surface area contributed by atoms with Crippen molar-refractivity contribution in [2.75, 3.05) is 20.6 Å². The molecule has 0 spiro atoms. The van der Waals surface area contributed by atoms with E-state index in [-0.39, 0.29) is 24.8 Å². The van der Waals surface area contributed by atoms with Crippen LogP contribution >= 0.6 is 0 Å². The number of fused-ring (bicyclic) bond motifs is 8. The fourth-order valence-corrected chi connectivity index (χ4v) is 3.82. The predicted octanol–water partition coefficient (Wildman–Crippen LogP) is 1.87. The number of amides is 4. The first-order valence-electron chi connectivity index (χ1n) is 11.6. The van der Waals surface area contributed by atoms with Gasteiger partial charge in [0.05, 0.1) is 6.54 Å². The minimum atomic E-state index is -0.929. The fourth-order valence-electron chi connectivity index (χ4n) is 3.82. The number of carbonyl (C=O) groups excluding carboxylic acids is 4. The Morgan fingerprint density at radius 2 is 1.80 bits per heavy atom. The van der Waals surface area contributed by atoms with Crippen LogP contribution in [-0.2, 0) is 20.8 Å². The van der Waals surface area contributed by atoms with E-state index >= 15 is 0 Å². The van der Waals surface area contributed by atoms with E-state index in [2.05, 4.69) is 16.0 Å². The van der Waals surface area contributed by atoms with Gasteiger partial charge in [0.2, 0.25) is 17.7 Å². The second kappa shape index (κ2) is 11.5. The summed E-state index contributed by atoms with van der Waals surface area (Å²) in [7, 11) is 3.00. The number of benzene rings is 2. The Kier molecular flexibility index (Phi) is 8.46. The molecule has 4 rings (SSSR count). The number of nitrogens with one attached hydrogen (secondary N) is 3. The van der Waals surface area contributed by atoms with Crippen molar-refractivity contribution < 1.29 is 23.9 Å². The van der Waals surface area contributed by atoms with Crippen LogP contribution in [0.15, 0.2) is 48.5 Å². The van der Waals surface area contributed by atoms with E-state index in [0.29, 0.717) is 23.5 Å². The lowest BCUT2D eigenvalue weighted by molar-refractivity contribution is -0.138. The molecule has 0 fully saturated rings. The largest absolute Gasteiger partial charge is 0.457 e. The lowest BCUT2D eigenvalue weighted by Crippen LogP contribution is -2.55. The minimum Gasteiger partial charge on any atom is -0.457 e. The number of rotatable bonds is 5. The van der Waals surface area contributed by atoms with Crippen molar-refractivity contribution in [1.82, 2.24) is 20.9 Å². The summed E-state index contributed by atoms with van der Waals surface area (Å²) in [6.45, 7) is 3.76. The first-order chi connectivity index (χ1) is 16.7. The van der Waals surface area contributed by atoms with Crippen LogP contribution in [-0.4, -0.2) is 61.3 Å². The van der Waals surface area contributed by atoms with Gasteiger partial charge in [0, 0.05) is 26.1 Å². The molecule has 35 heavy (non-hydrogen) atoms. The van der Waals surface area contributed by atoms with Crippen LogP contribution < -0.4 is 20.7 Å². The summed E-state index contributed by atoms with van der Waals surface area (Å²) >= 11 is 0. The Morgan fingerprint density at radius 1 is 1.09 bits per heavy atom. The van der Waals surface area contributed by atoms with Crippen molar-refractivity contribution in [1.29, 1.82) is 0 Å². The van der Waals surface area contributed by atoms with E-state index in [4.69, 9.17) is 4.74 Å². The molecule has 3 N–H and O–H groups in total. The number of hydrogen-bond acceptors (Lipinski definition) is 5. The van der Waals surface area contributed by atoms with Crippen molar-refractivity contribution in [2.45, 2.75) is 38.8 Å². The molecule has 2 aliphatic heterocycles. The van der Waals surface area contributed by atoms with Crippen LogP contribution in [0.25, 0.3) is 0 Å². The normalized spacial score (nSPS) is 18.0. The summed E-state index contributed by atoms with van der Waals surface area (Å²) in [5.74, 6) is -0.430. The van der Waals surface area contributed by atoms with Gasteiger partial charge in [0.1, 0.15) is 23.6 Å². The van der Waals surface area contributed by atoms with Gasteiger partial charge in [-0.2, -0.15) is 0 Å². The molecule has 9 heteroatoms. The van der Waals surface area contributed by atoms with E-state index in [1.807, 2.05) is 26.0 Å². The Bertz CT molecular complexity index is 1080. The molecule has 2 aromatic carbocycles. The summed E-state index contributed by atoms with van der Waals surface area (Å²) in [6.07, 6.45) is 0.593. The molecule has 186 valence electrons. The molecule has 4 bridgehead atoms. The van der Waals surface area contributed by atoms with Gasteiger partial charge < -0.3 is 25.6 Å². The Labute approximate surface area is 205 Å². The maximum atomic E-state index is 13.3. The van der Waals surface area contributed by atoms with Crippen molar-refractivity contribution in [3.05, 3.63) is 59.7 Å². The van der Waals surface area contributed by atoms with Crippen LogP contribution in [0.3, 0.4) is 0 Å². The SMILES string of the molecule is CNC(=O)CN(C)C(=O)[C@H]1Cc2ccc(cc2)Oc2cccc(c2)C(=O)N[C@@H](CC(C)C)C(=O)N1. The molecule has 2 heterocycles. The van der Waals surface area contributed by atoms with Crippen LogP contribution in [0.1, 0.15) is 36.2 Å². The average molecular weight is 481 g/mol. The lowest BCUT2D eigenvalue weighted by atomic mass is 10.0. The highest BCUT2D eigenvalue weighted by molar-refractivity contribution is 5.99. The average Bonchev–Trinajstić information content (AvgIpc) is 2.83. The van der Waals surface area contributed by atoms with Gasteiger partial charge in [-0.05, 0) is 48.2 Å². The summed E-state index contributed by atoms with van der Waals surface area (Å²) in [4.78, 5) is 52.6. The van der Waals surface area contributed by atoms with Crippen molar-refractivity contribution in [3.8, 4) is 11.5 Å². The van der Waals surface area contributed by atoms with Gasteiger partial charge in [0.25, 0.3) is 5.91 Å². The molecule has 0 aliphatic carbocycles. The van der Waals surface area contributed by atoms with Gasteiger partial charge in [-0.25, -0.2) is 0 Å². The van der Waals surface area contributed by atoms with Crippen LogP contribution in [0, 0.1) is 5.92 Å².